The first-order valence-electron chi connectivity index (χ1n) is 6.84. The van der Waals surface area contributed by atoms with Gasteiger partial charge in [0.1, 0.15) is 0 Å². The molecular weight excluding hydrogens is 218 g/mol. The second-order valence-corrected chi connectivity index (χ2v) is 5.38. The topological polar surface area (TPSA) is 4.93 Å². The molecule has 0 saturated carbocycles. The quantitative estimate of drug-likeness (QED) is 0.550. The van der Waals surface area contributed by atoms with E-state index in [4.69, 9.17) is 0 Å². The van der Waals surface area contributed by atoms with Crippen LogP contribution in [0, 0.1) is 0 Å². The number of benzene rings is 2. The van der Waals surface area contributed by atoms with Crippen LogP contribution in [0.2, 0.25) is 0 Å². The highest BCUT2D eigenvalue weighted by Gasteiger charge is 2.16. The minimum Gasteiger partial charge on any atom is -0.344 e. The fourth-order valence-corrected chi connectivity index (χ4v) is 3.50. The minimum absolute atomic E-state index is 1.25. The maximum atomic E-state index is 2.34. The van der Waals surface area contributed by atoms with Crippen molar-refractivity contribution in [2.45, 2.75) is 25.7 Å². The SMILES string of the molecule is Cn1c2ccccc2c2c3c(ccc21)CCCC3. The van der Waals surface area contributed by atoms with Gasteiger partial charge in [0, 0.05) is 28.9 Å². The maximum Gasteiger partial charge on any atom is 0.0491 e. The Labute approximate surface area is 107 Å². The zero-order valence-corrected chi connectivity index (χ0v) is 10.7. The highest BCUT2D eigenvalue weighted by Crippen LogP contribution is 2.35. The third-order valence-corrected chi connectivity index (χ3v) is 4.41. The Balaban J connectivity index is 2.24. The number of aryl methyl sites for hydroxylation is 3. The average Bonchev–Trinajstić information content (AvgIpc) is 2.73. The van der Waals surface area contributed by atoms with Gasteiger partial charge in [0.2, 0.25) is 0 Å². The van der Waals surface area contributed by atoms with Crippen LogP contribution in [0.15, 0.2) is 36.4 Å². The predicted octanol–water partition coefficient (Wildman–Crippen LogP) is 4.21. The molecule has 0 fully saturated rings. The molecule has 0 unspecified atom stereocenters. The molecule has 1 heterocycles. The van der Waals surface area contributed by atoms with Crippen molar-refractivity contribution in [1.82, 2.24) is 4.57 Å². The van der Waals surface area contributed by atoms with Gasteiger partial charge in [-0.15, -0.1) is 0 Å². The fourth-order valence-electron chi connectivity index (χ4n) is 3.50. The number of hydrogen-bond donors (Lipinski definition) is 0. The number of hydrogen-bond acceptors (Lipinski definition) is 0. The van der Waals surface area contributed by atoms with Crippen molar-refractivity contribution < 1.29 is 0 Å². The summed E-state index contributed by atoms with van der Waals surface area (Å²) in [5.41, 5.74) is 5.92. The van der Waals surface area contributed by atoms with E-state index in [0.29, 0.717) is 0 Å². The molecule has 0 spiro atoms. The van der Waals surface area contributed by atoms with E-state index in [1.807, 2.05) is 0 Å². The molecule has 0 bridgehead atoms. The van der Waals surface area contributed by atoms with Crippen LogP contribution in [0.1, 0.15) is 24.0 Å². The Morgan fingerprint density at radius 3 is 2.67 bits per heavy atom. The van der Waals surface area contributed by atoms with E-state index in [-0.39, 0.29) is 0 Å². The van der Waals surface area contributed by atoms with Gasteiger partial charge in [-0.3, -0.25) is 0 Å². The van der Waals surface area contributed by atoms with Crippen molar-refractivity contribution in [3.05, 3.63) is 47.5 Å². The molecule has 1 heteroatoms. The second-order valence-electron chi connectivity index (χ2n) is 5.38. The molecule has 1 aliphatic carbocycles. The summed E-state index contributed by atoms with van der Waals surface area (Å²) in [6.07, 6.45) is 5.20. The van der Waals surface area contributed by atoms with E-state index >= 15 is 0 Å². The normalized spacial score (nSPS) is 15.2. The van der Waals surface area contributed by atoms with Crippen LogP contribution in [-0.4, -0.2) is 4.57 Å². The van der Waals surface area contributed by atoms with Crippen LogP contribution in [0.3, 0.4) is 0 Å². The third-order valence-electron chi connectivity index (χ3n) is 4.41. The monoisotopic (exact) mass is 235 g/mol. The van der Waals surface area contributed by atoms with E-state index in [1.165, 1.54) is 47.5 Å². The highest BCUT2D eigenvalue weighted by molar-refractivity contribution is 6.10. The Hall–Kier alpha value is -1.76. The highest BCUT2D eigenvalue weighted by atomic mass is 14.9. The summed E-state index contributed by atoms with van der Waals surface area (Å²) in [4.78, 5) is 0. The van der Waals surface area contributed by atoms with Gasteiger partial charge in [0.15, 0.2) is 0 Å². The molecule has 0 aliphatic heterocycles. The van der Waals surface area contributed by atoms with Crippen molar-refractivity contribution in [2.75, 3.05) is 0 Å². The van der Waals surface area contributed by atoms with Gasteiger partial charge in [-0.25, -0.2) is 0 Å². The average molecular weight is 235 g/mol. The minimum atomic E-state index is 1.25. The predicted molar refractivity (Wildman–Crippen MR) is 77.1 cm³/mol. The molecule has 2 aromatic carbocycles. The molecular formula is C17H17N. The molecule has 0 saturated heterocycles. The first-order chi connectivity index (χ1) is 8.86. The van der Waals surface area contributed by atoms with Crippen LogP contribution < -0.4 is 0 Å². The number of nitrogens with zero attached hydrogens (tertiary/aromatic N) is 1. The molecule has 0 atom stereocenters. The number of rotatable bonds is 0. The molecule has 90 valence electrons. The largest absolute Gasteiger partial charge is 0.344 e. The molecule has 1 aromatic heterocycles. The lowest BCUT2D eigenvalue weighted by Gasteiger charge is -2.16. The molecule has 1 nitrogen and oxygen atoms in total. The second kappa shape index (κ2) is 3.61. The summed E-state index contributed by atoms with van der Waals surface area (Å²) < 4.78 is 2.33. The molecule has 18 heavy (non-hydrogen) atoms. The summed E-state index contributed by atoms with van der Waals surface area (Å²) in [5, 5.41) is 2.93. The Bertz CT molecular complexity index is 749. The zero-order valence-electron chi connectivity index (χ0n) is 10.7. The first-order valence-corrected chi connectivity index (χ1v) is 6.84. The van der Waals surface area contributed by atoms with E-state index in [1.54, 1.807) is 11.1 Å². The lowest BCUT2D eigenvalue weighted by atomic mass is 9.88. The van der Waals surface area contributed by atoms with Crippen LogP contribution in [0.5, 0.6) is 0 Å². The van der Waals surface area contributed by atoms with Gasteiger partial charge >= 0.3 is 0 Å². The summed E-state index contributed by atoms with van der Waals surface area (Å²) in [5.74, 6) is 0. The van der Waals surface area contributed by atoms with Crippen molar-refractivity contribution in [1.29, 1.82) is 0 Å². The zero-order chi connectivity index (χ0) is 12.1. The maximum absolute atomic E-state index is 2.34. The van der Waals surface area contributed by atoms with Crippen LogP contribution >= 0.6 is 0 Å². The molecule has 0 amide bonds. The van der Waals surface area contributed by atoms with Crippen molar-refractivity contribution in [2.24, 2.45) is 7.05 Å². The smallest absolute Gasteiger partial charge is 0.0491 e. The van der Waals surface area contributed by atoms with Gasteiger partial charge in [-0.1, -0.05) is 24.3 Å². The molecule has 4 rings (SSSR count). The third kappa shape index (κ3) is 1.22. The van der Waals surface area contributed by atoms with Crippen LogP contribution in [0.4, 0.5) is 0 Å². The summed E-state index contributed by atoms with van der Waals surface area (Å²) >= 11 is 0. The number of fused-ring (bicyclic) bond motifs is 5. The van der Waals surface area contributed by atoms with Gasteiger partial charge in [-0.2, -0.15) is 0 Å². The van der Waals surface area contributed by atoms with Crippen molar-refractivity contribution >= 4 is 21.8 Å². The van der Waals surface area contributed by atoms with Crippen molar-refractivity contribution in [3.63, 3.8) is 0 Å². The Morgan fingerprint density at radius 1 is 0.889 bits per heavy atom. The van der Waals surface area contributed by atoms with Gasteiger partial charge in [0.05, 0.1) is 0 Å². The molecule has 3 aromatic rings. The standard InChI is InChI=1S/C17H17N/c1-18-15-9-5-4-8-14(15)17-13-7-3-2-6-12(13)10-11-16(17)18/h4-5,8-11H,2-3,6-7H2,1H3. The summed E-state index contributed by atoms with van der Waals surface area (Å²) in [6, 6.07) is 13.4. The fraction of sp³-hybridized carbons (Fsp3) is 0.294. The van der Waals surface area contributed by atoms with Gasteiger partial charge < -0.3 is 4.57 Å². The van der Waals surface area contributed by atoms with Gasteiger partial charge in [0.25, 0.3) is 0 Å². The Morgan fingerprint density at radius 2 is 1.72 bits per heavy atom. The van der Waals surface area contributed by atoms with E-state index in [2.05, 4.69) is 48.0 Å². The molecule has 0 N–H and O–H groups in total. The van der Waals surface area contributed by atoms with Gasteiger partial charge in [-0.05, 0) is 48.9 Å². The van der Waals surface area contributed by atoms with Crippen LogP contribution in [-0.2, 0) is 19.9 Å². The lowest BCUT2D eigenvalue weighted by molar-refractivity contribution is 0.690. The lowest BCUT2D eigenvalue weighted by Crippen LogP contribution is -2.02. The first kappa shape index (κ1) is 10.2. The van der Waals surface area contributed by atoms with E-state index in [0.717, 1.165) is 0 Å². The summed E-state index contributed by atoms with van der Waals surface area (Å²) in [7, 11) is 2.18. The van der Waals surface area contributed by atoms with Crippen molar-refractivity contribution in [3.8, 4) is 0 Å². The molecule has 0 radical (unpaired) electrons. The number of aromatic nitrogens is 1. The number of para-hydroxylation sites is 1. The summed E-state index contributed by atoms with van der Waals surface area (Å²) in [6.45, 7) is 0. The molecule has 1 aliphatic rings. The Kier molecular flexibility index (Phi) is 2.05. The van der Waals surface area contributed by atoms with E-state index in [9.17, 15) is 0 Å². The van der Waals surface area contributed by atoms with Crippen LogP contribution in [0.25, 0.3) is 21.8 Å². The van der Waals surface area contributed by atoms with E-state index < -0.39 is 0 Å².